The van der Waals surface area contributed by atoms with Gasteiger partial charge in [-0.3, -0.25) is 10.9 Å². The van der Waals surface area contributed by atoms with Crippen LogP contribution >= 0.6 is 0 Å². The molecule has 0 spiro atoms. The fraction of sp³-hybridized carbons (Fsp3) is 0.714. The molecule has 1 aromatic rings. The summed E-state index contributed by atoms with van der Waals surface area (Å²) in [6.45, 7) is 9.98. The highest BCUT2D eigenvalue weighted by Gasteiger charge is 2.13. The molecule has 2 rings (SSSR count). The van der Waals surface area contributed by atoms with Gasteiger partial charge in [0.05, 0.1) is 39.6 Å². The number of benzene rings is 1. The SMILES string of the molecule is CCOc1cc2c(cc1OCCOCCOCCO)CNCCNCCCNNC2. The maximum Gasteiger partial charge on any atom is 0.161 e. The van der Waals surface area contributed by atoms with E-state index in [-0.39, 0.29) is 6.61 Å². The third kappa shape index (κ3) is 10.0. The van der Waals surface area contributed by atoms with Crippen LogP contribution in [-0.4, -0.2) is 77.5 Å². The van der Waals surface area contributed by atoms with Crippen molar-refractivity contribution in [3.63, 3.8) is 0 Å². The van der Waals surface area contributed by atoms with E-state index in [1.54, 1.807) is 0 Å². The third-order valence-electron chi connectivity index (χ3n) is 4.51. The van der Waals surface area contributed by atoms with E-state index in [4.69, 9.17) is 24.1 Å². The molecule has 9 nitrogen and oxygen atoms in total. The van der Waals surface area contributed by atoms with Gasteiger partial charge >= 0.3 is 0 Å². The second-order valence-corrected chi connectivity index (χ2v) is 6.86. The fourth-order valence-corrected chi connectivity index (χ4v) is 3.02. The van der Waals surface area contributed by atoms with Gasteiger partial charge in [0.25, 0.3) is 0 Å². The van der Waals surface area contributed by atoms with Gasteiger partial charge in [-0.1, -0.05) is 0 Å². The number of rotatable bonds is 11. The first-order valence-corrected chi connectivity index (χ1v) is 10.9. The third-order valence-corrected chi connectivity index (χ3v) is 4.51. The number of hydrogen-bond acceptors (Lipinski definition) is 9. The monoisotopic (exact) mass is 426 g/mol. The van der Waals surface area contributed by atoms with Crippen LogP contribution in [0.25, 0.3) is 0 Å². The van der Waals surface area contributed by atoms with E-state index in [0.29, 0.717) is 46.2 Å². The fourth-order valence-electron chi connectivity index (χ4n) is 3.02. The molecule has 0 bridgehead atoms. The Labute approximate surface area is 179 Å². The van der Waals surface area contributed by atoms with Crippen LogP contribution in [0.1, 0.15) is 24.5 Å². The zero-order valence-corrected chi connectivity index (χ0v) is 18.1. The Bertz CT molecular complexity index is 577. The van der Waals surface area contributed by atoms with Crippen molar-refractivity contribution < 1.29 is 24.1 Å². The molecule has 1 aliphatic heterocycles. The summed E-state index contributed by atoms with van der Waals surface area (Å²) in [6, 6.07) is 4.12. The van der Waals surface area contributed by atoms with E-state index in [2.05, 4.69) is 33.6 Å². The summed E-state index contributed by atoms with van der Waals surface area (Å²) in [5.74, 6) is 1.48. The predicted molar refractivity (Wildman–Crippen MR) is 116 cm³/mol. The topological polar surface area (TPSA) is 105 Å². The van der Waals surface area contributed by atoms with Gasteiger partial charge in [0.15, 0.2) is 11.5 Å². The van der Waals surface area contributed by atoms with E-state index in [9.17, 15) is 0 Å². The maximum absolute atomic E-state index is 8.68. The van der Waals surface area contributed by atoms with Crippen LogP contribution in [-0.2, 0) is 22.6 Å². The number of nitrogens with one attached hydrogen (secondary N) is 4. The lowest BCUT2D eigenvalue weighted by molar-refractivity contribution is 0.0244. The Balaban J connectivity index is 1.94. The molecule has 0 saturated carbocycles. The van der Waals surface area contributed by atoms with Gasteiger partial charge in [0, 0.05) is 32.7 Å². The normalized spacial score (nSPS) is 16.1. The molecule has 30 heavy (non-hydrogen) atoms. The summed E-state index contributed by atoms with van der Waals surface area (Å²) in [4.78, 5) is 0. The van der Waals surface area contributed by atoms with Gasteiger partial charge in [0.1, 0.15) is 6.61 Å². The molecule has 0 aliphatic carbocycles. The molecule has 0 unspecified atom stereocenters. The summed E-state index contributed by atoms with van der Waals surface area (Å²) in [5.41, 5.74) is 8.93. The second-order valence-electron chi connectivity index (χ2n) is 6.86. The zero-order valence-electron chi connectivity index (χ0n) is 18.1. The molecule has 0 radical (unpaired) electrons. The molecule has 9 heteroatoms. The molecule has 0 atom stereocenters. The molecule has 1 aromatic carbocycles. The van der Waals surface area contributed by atoms with Crippen molar-refractivity contribution in [3.05, 3.63) is 23.3 Å². The van der Waals surface area contributed by atoms with Gasteiger partial charge in [-0.2, -0.15) is 0 Å². The Kier molecular flexibility index (Phi) is 13.4. The number of hydrazine groups is 1. The predicted octanol–water partition coefficient (Wildman–Crippen LogP) is 0.167. The van der Waals surface area contributed by atoms with Crippen molar-refractivity contribution in [1.82, 2.24) is 21.5 Å². The van der Waals surface area contributed by atoms with Crippen molar-refractivity contribution >= 4 is 0 Å². The van der Waals surface area contributed by atoms with Crippen LogP contribution < -0.4 is 31.0 Å². The zero-order chi connectivity index (χ0) is 21.3. The van der Waals surface area contributed by atoms with Crippen molar-refractivity contribution in [2.75, 3.05) is 72.4 Å². The smallest absolute Gasteiger partial charge is 0.161 e. The molecule has 1 aliphatic rings. The maximum atomic E-state index is 8.68. The molecule has 1 heterocycles. The summed E-state index contributed by atoms with van der Waals surface area (Å²) >= 11 is 0. The van der Waals surface area contributed by atoms with Crippen LogP contribution in [0.2, 0.25) is 0 Å². The molecular weight excluding hydrogens is 388 g/mol. The lowest BCUT2D eigenvalue weighted by atomic mass is 10.1. The van der Waals surface area contributed by atoms with Crippen molar-refractivity contribution in [3.8, 4) is 11.5 Å². The number of aliphatic hydroxyl groups excluding tert-OH is 1. The second kappa shape index (κ2) is 16.3. The Morgan fingerprint density at radius 2 is 1.47 bits per heavy atom. The molecule has 0 fully saturated rings. The minimum Gasteiger partial charge on any atom is -0.490 e. The van der Waals surface area contributed by atoms with E-state index in [0.717, 1.165) is 50.6 Å². The van der Waals surface area contributed by atoms with Crippen molar-refractivity contribution in [2.45, 2.75) is 26.4 Å². The Hall–Kier alpha value is -1.46. The first-order valence-electron chi connectivity index (χ1n) is 10.9. The highest BCUT2D eigenvalue weighted by atomic mass is 16.6. The lowest BCUT2D eigenvalue weighted by Gasteiger charge is -2.18. The highest BCUT2D eigenvalue weighted by molar-refractivity contribution is 5.47. The van der Waals surface area contributed by atoms with Crippen molar-refractivity contribution in [2.24, 2.45) is 0 Å². The average Bonchev–Trinajstić information content (AvgIpc) is 2.77. The molecule has 5 N–H and O–H groups in total. The minimum atomic E-state index is 0.0264. The van der Waals surface area contributed by atoms with E-state index in [1.165, 1.54) is 11.1 Å². The summed E-state index contributed by atoms with van der Waals surface area (Å²) in [5, 5.41) is 15.6. The molecule has 0 amide bonds. The molecule has 172 valence electrons. The summed E-state index contributed by atoms with van der Waals surface area (Å²) in [6.07, 6.45) is 1.08. The average molecular weight is 427 g/mol. The van der Waals surface area contributed by atoms with Gasteiger partial charge < -0.3 is 34.7 Å². The standard InChI is InChI=1S/C21H38N4O5/c1-2-29-20-15-19-17-25-24-5-3-4-22-6-7-23-16-18(19)14-21(20)30-13-12-28-11-10-27-9-8-26/h14-15,22-26H,2-13,16-17H2,1H3. The van der Waals surface area contributed by atoms with Crippen LogP contribution in [0.4, 0.5) is 0 Å². The van der Waals surface area contributed by atoms with Gasteiger partial charge in [-0.15, -0.1) is 0 Å². The number of fused-ring (bicyclic) bond motifs is 1. The quantitative estimate of drug-likeness (QED) is 0.317. The molecule has 0 aromatic heterocycles. The summed E-state index contributed by atoms with van der Waals surface area (Å²) < 4.78 is 22.5. The van der Waals surface area contributed by atoms with Crippen LogP contribution in [0.5, 0.6) is 11.5 Å². The number of aliphatic hydroxyl groups is 1. The minimum absolute atomic E-state index is 0.0264. The highest BCUT2D eigenvalue weighted by Crippen LogP contribution is 2.31. The molecular formula is C21H38N4O5. The van der Waals surface area contributed by atoms with Gasteiger partial charge in [-0.05, 0) is 43.1 Å². The largest absolute Gasteiger partial charge is 0.490 e. The first-order chi connectivity index (χ1) is 14.8. The van der Waals surface area contributed by atoms with E-state index >= 15 is 0 Å². The van der Waals surface area contributed by atoms with Gasteiger partial charge in [0.2, 0.25) is 0 Å². The van der Waals surface area contributed by atoms with Crippen LogP contribution in [0.15, 0.2) is 12.1 Å². The summed E-state index contributed by atoms with van der Waals surface area (Å²) in [7, 11) is 0. The lowest BCUT2D eigenvalue weighted by Crippen LogP contribution is -2.33. The number of ether oxygens (including phenoxy) is 4. The van der Waals surface area contributed by atoms with Crippen LogP contribution in [0.3, 0.4) is 0 Å². The van der Waals surface area contributed by atoms with Gasteiger partial charge in [-0.25, -0.2) is 0 Å². The Morgan fingerprint density at radius 1 is 0.767 bits per heavy atom. The first kappa shape index (κ1) is 24.8. The Morgan fingerprint density at radius 3 is 2.27 bits per heavy atom. The van der Waals surface area contributed by atoms with E-state index < -0.39 is 0 Å². The van der Waals surface area contributed by atoms with Crippen molar-refractivity contribution in [1.29, 1.82) is 0 Å². The van der Waals surface area contributed by atoms with E-state index in [1.807, 2.05) is 6.92 Å². The van der Waals surface area contributed by atoms with Crippen LogP contribution in [0, 0.1) is 0 Å². The molecule has 0 saturated heterocycles. The number of hydrogen-bond donors (Lipinski definition) is 5.